The van der Waals surface area contributed by atoms with E-state index in [0.29, 0.717) is 19.4 Å². The van der Waals surface area contributed by atoms with Gasteiger partial charge in [0.2, 0.25) is 0 Å². The van der Waals surface area contributed by atoms with Crippen LogP contribution in [-0.2, 0) is 23.8 Å². The minimum absolute atomic E-state index is 0.0360. The Balaban J connectivity index is 4.42. The van der Waals surface area contributed by atoms with Gasteiger partial charge in [0.15, 0.2) is 6.10 Å². The smallest absolute Gasteiger partial charge is 0.306 e. The maximum absolute atomic E-state index is 12.9. The second kappa shape index (κ2) is 57.4. The molecular weight excluding hydrogens is 837 g/mol. The van der Waals surface area contributed by atoms with Gasteiger partial charge >= 0.3 is 11.9 Å². The summed E-state index contributed by atoms with van der Waals surface area (Å²) in [5, 5.41) is 0. The first-order valence-electron chi connectivity index (χ1n) is 27.7. The molecule has 0 saturated heterocycles. The number of hydrogen-bond acceptors (Lipinski definition) is 5. The van der Waals surface area contributed by atoms with E-state index in [1.165, 1.54) is 70.6 Å². The van der Waals surface area contributed by atoms with Crippen LogP contribution in [0.3, 0.4) is 0 Å². The molecule has 0 rings (SSSR count). The Morgan fingerprint density at radius 3 is 1.07 bits per heavy atom. The summed E-state index contributed by atoms with van der Waals surface area (Å²) >= 11 is 0. The van der Waals surface area contributed by atoms with Crippen molar-refractivity contribution in [1.82, 2.24) is 0 Å². The van der Waals surface area contributed by atoms with Crippen molar-refractivity contribution in [2.45, 2.75) is 232 Å². The van der Waals surface area contributed by atoms with E-state index in [0.717, 1.165) is 122 Å². The molecule has 5 heteroatoms. The van der Waals surface area contributed by atoms with Crippen LogP contribution in [0.15, 0.2) is 134 Å². The summed E-state index contributed by atoms with van der Waals surface area (Å²) in [6, 6.07) is 0. The summed E-state index contributed by atoms with van der Waals surface area (Å²) in [5.74, 6) is -0.477. The molecule has 384 valence electrons. The Labute approximate surface area is 419 Å². The molecule has 5 nitrogen and oxygen atoms in total. The Morgan fingerprint density at radius 1 is 0.338 bits per heavy atom. The SMILES string of the molecule is CC/C=C\C/C=C\C/C=C\C/C=C\C/C=C\CCCCCC(=O)OCC(COCCC/C=C\C/C=C\C/C=C\C/C=C\CC)OC(=O)CCCCCCCCCCC/C=C\C/C=C\CCCCC. The zero-order valence-electron chi connectivity index (χ0n) is 44.1. The molecule has 0 bridgehead atoms. The number of unbranched alkanes of at least 4 members (excludes halogenated alkanes) is 16. The topological polar surface area (TPSA) is 61.8 Å². The first-order valence-corrected chi connectivity index (χ1v) is 27.7. The molecule has 0 aromatic heterocycles. The van der Waals surface area contributed by atoms with Gasteiger partial charge in [-0.2, -0.15) is 0 Å². The average Bonchev–Trinajstić information content (AvgIpc) is 3.34. The van der Waals surface area contributed by atoms with Crippen molar-refractivity contribution in [3.8, 4) is 0 Å². The van der Waals surface area contributed by atoms with E-state index in [9.17, 15) is 9.59 Å². The van der Waals surface area contributed by atoms with E-state index in [1.807, 2.05) is 0 Å². The van der Waals surface area contributed by atoms with Crippen LogP contribution in [0, 0.1) is 0 Å². The molecule has 0 aliphatic carbocycles. The van der Waals surface area contributed by atoms with E-state index < -0.39 is 6.10 Å². The lowest BCUT2D eigenvalue weighted by atomic mass is 10.1. The van der Waals surface area contributed by atoms with E-state index in [2.05, 4.69) is 154 Å². The Kier molecular flexibility index (Phi) is 54.0. The van der Waals surface area contributed by atoms with Crippen LogP contribution in [0.5, 0.6) is 0 Å². The minimum Gasteiger partial charge on any atom is -0.462 e. The van der Waals surface area contributed by atoms with E-state index >= 15 is 0 Å². The molecule has 1 unspecified atom stereocenters. The van der Waals surface area contributed by atoms with Crippen LogP contribution in [0.4, 0.5) is 0 Å². The number of allylic oxidation sites excluding steroid dienone is 22. The van der Waals surface area contributed by atoms with Gasteiger partial charge in [0.25, 0.3) is 0 Å². The van der Waals surface area contributed by atoms with Gasteiger partial charge < -0.3 is 14.2 Å². The molecule has 68 heavy (non-hydrogen) atoms. The zero-order valence-corrected chi connectivity index (χ0v) is 44.1. The lowest BCUT2D eigenvalue weighted by molar-refractivity contribution is -0.163. The molecule has 0 aromatic rings. The predicted molar refractivity (Wildman–Crippen MR) is 297 cm³/mol. The van der Waals surface area contributed by atoms with E-state index in [4.69, 9.17) is 14.2 Å². The fourth-order valence-corrected chi connectivity index (χ4v) is 7.10. The first-order chi connectivity index (χ1) is 33.6. The third kappa shape index (κ3) is 54.6. The Bertz CT molecular complexity index is 1430. The average molecular weight is 940 g/mol. The van der Waals surface area contributed by atoms with Gasteiger partial charge in [-0.3, -0.25) is 9.59 Å². The fourth-order valence-electron chi connectivity index (χ4n) is 7.10. The first kappa shape index (κ1) is 64.0. The highest BCUT2D eigenvalue weighted by Gasteiger charge is 2.17. The number of rotatable bonds is 49. The van der Waals surface area contributed by atoms with Crippen molar-refractivity contribution in [2.24, 2.45) is 0 Å². The Hall–Kier alpha value is -3.96. The van der Waals surface area contributed by atoms with Gasteiger partial charge in [0, 0.05) is 19.4 Å². The van der Waals surface area contributed by atoms with Crippen molar-refractivity contribution in [3.05, 3.63) is 134 Å². The quantitative estimate of drug-likeness (QED) is 0.0345. The fraction of sp³-hybridized carbons (Fsp3) is 0.619. The van der Waals surface area contributed by atoms with Gasteiger partial charge in [-0.15, -0.1) is 0 Å². The minimum atomic E-state index is -0.591. The summed E-state index contributed by atoms with van der Waals surface area (Å²) in [7, 11) is 0. The largest absolute Gasteiger partial charge is 0.462 e. The maximum Gasteiger partial charge on any atom is 0.306 e. The van der Waals surface area contributed by atoms with E-state index in [-0.39, 0.29) is 25.2 Å². The van der Waals surface area contributed by atoms with Crippen LogP contribution >= 0.6 is 0 Å². The number of ether oxygens (including phenoxy) is 3. The van der Waals surface area contributed by atoms with Gasteiger partial charge in [0.1, 0.15) is 6.61 Å². The highest BCUT2D eigenvalue weighted by atomic mass is 16.6. The summed E-state index contributed by atoms with van der Waals surface area (Å²) in [6.07, 6.45) is 81.9. The molecule has 0 radical (unpaired) electrons. The van der Waals surface area contributed by atoms with Crippen LogP contribution in [0.1, 0.15) is 226 Å². The van der Waals surface area contributed by atoms with Crippen LogP contribution < -0.4 is 0 Å². The number of carbonyl (C=O) groups is 2. The molecule has 0 heterocycles. The lowest BCUT2D eigenvalue weighted by Crippen LogP contribution is -2.30. The number of carbonyl (C=O) groups excluding carboxylic acids is 2. The summed E-state index contributed by atoms with van der Waals surface area (Å²) in [4.78, 5) is 25.5. The van der Waals surface area contributed by atoms with Gasteiger partial charge in [0.05, 0.1) is 6.61 Å². The molecular formula is C63H102O5. The molecule has 0 aromatic carbocycles. The standard InChI is InChI=1S/C63H102O5/c1-4-7-10-13-16-19-22-25-28-30-32-34-36-38-41-44-47-50-53-56-62(64)67-60-61(59-66-58-55-52-49-46-43-40-27-24-21-18-15-12-9-6-3)68-63(65)57-54-51-48-45-42-39-37-35-33-31-29-26-23-20-17-14-11-8-5-2/h7,9-10,12,16-21,25-29,32,34,38,40-41,46,49,61H,4-6,8,11,13-15,22-24,30-31,33,35-37,39,42-45,47-48,50-60H2,1-3H3/b10-7-,12-9-,19-16-,20-17-,21-18-,28-25-,29-26-,34-32-,40-27-,41-38-,49-46-. The third-order valence-corrected chi connectivity index (χ3v) is 11.2. The summed E-state index contributed by atoms with van der Waals surface area (Å²) in [5.41, 5.74) is 0. The number of esters is 2. The van der Waals surface area contributed by atoms with Crippen molar-refractivity contribution < 1.29 is 23.8 Å². The molecule has 0 aliphatic rings. The molecule has 0 amide bonds. The van der Waals surface area contributed by atoms with Crippen molar-refractivity contribution >= 4 is 11.9 Å². The third-order valence-electron chi connectivity index (χ3n) is 11.2. The molecule has 0 saturated carbocycles. The van der Waals surface area contributed by atoms with Gasteiger partial charge in [-0.1, -0.05) is 219 Å². The van der Waals surface area contributed by atoms with Crippen LogP contribution in [0.25, 0.3) is 0 Å². The summed E-state index contributed by atoms with van der Waals surface area (Å²) < 4.78 is 17.3. The number of hydrogen-bond donors (Lipinski definition) is 0. The molecule has 0 N–H and O–H groups in total. The van der Waals surface area contributed by atoms with Crippen molar-refractivity contribution in [1.29, 1.82) is 0 Å². The second-order valence-corrected chi connectivity index (χ2v) is 17.7. The van der Waals surface area contributed by atoms with Crippen molar-refractivity contribution in [3.63, 3.8) is 0 Å². The van der Waals surface area contributed by atoms with Gasteiger partial charge in [-0.25, -0.2) is 0 Å². The molecule has 0 fully saturated rings. The Morgan fingerprint density at radius 2 is 0.662 bits per heavy atom. The monoisotopic (exact) mass is 939 g/mol. The predicted octanol–water partition coefficient (Wildman–Crippen LogP) is 19.1. The van der Waals surface area contributed by atoms with E-state index in [1.54, 1.807) is 0 Å². The van der Waals surface area contributed by atoms with Crippen molar-refractivity contribution in [2.75, 3.05) is 19.8 Å². The zero-order chi connectivity index (χ0) is 49.2. The highest BCUT2D eigenvalue weighted by molar-refractivity contribution is 5.70. The second-order valence-electron chi connectivity index (χ2n) is 17.7. The normalized spacial score (nSPS) is 13.3. The molecule has 0 spiro atoms. The van der Waals surface area contributed by atoms with Crippen LogP contribution in [-0.4, -0.2) is 37.9 Å². The van der Waals surface area contributed by atoms with Crippen LogP contribution in [0.2, 0.25) is 0 Å². The lowest BCUT2D eigenvalue weighted by Gasteiger charge is -2.18. The summed E-state index contributed by atoms with van der Waals surface area (Å²) in [6.45, 7) is 7.39. The molecule has 0 aliphatic heterocycles. The molecule has 1 atom stereocenters. The highest BCUT2D eigenvalue weighted by Crippen LogP contribution is 2.13. The maximum atomic E-state index is 12.9. The van der Waals surface area contributed by atoms with Gasteiger partial charge in [-0.05, 0) is 128 Å².